The highest BCUT2D eigenvalue weighted by Crippen LogP contribution is 2.32. The van der Waals surface area contributed by atoms with Crippen molar-refractivity contribution in [2.45, 2.75) is 25.8 Å². The molecule has 0 saturated heterocycles. The van der Waals surface area contributed by atoms with Crippen molar-refractivity contribution in [2.75, 3.05) is 0 Å². The van der Waals surface area contributed by atoms with E-state index >= 15 is 0 Å². The van der Waals surface area contributed by atoms with E-state index in [0.29, 0.717) is 5.69 Å². The van der Waals surface area contributed by atoms with Crippen LogP contribution in [0.3, 0.4) is 0 Å². The maximum absolute atomic E-state index is 11.7. The van der Waals surface area contributed by atoms with E-state index in [-0.39, 0.29) is 5.92 Å². The number of hydrogen-bond donors (Lipinski definition) is 2. The molecule has 16 heavy (non-hydrogen) atoms. The second-order valence-electron chi connectivity index (χ2n) is 3.88. The Morgan fingerprint density at radius 3 is 2.75 bits per heavy atom. The van der Waals surface area contributed by atoms with Gasteiger partial charge in [-0.3, -0.25) is 4.79 Å². The summed E-state index contributed by atoms with van der Waals surface area (Å²) < 4.78 is 0. The van der Waals surface area contributed by atoms with Crippen LogP contribution in [0.5, 0.6) is 0 Å². The molecule has 0 aliphatic heterocycles. The summed E-state index contributed by atoms with van der Waals surface area (Å²) in [5.41, 5.74) is 0.300. The highest BCUT2D eigenvalue weighted by Gasteiger charge is 2.37. The van der Waals surface area contributed by atoms with Crippen LogP contribution >= 0.6 is 11.3 Å². The molecule has 1 heterocycles. The predicted octanol–water partition coefficient (Wildman–Crippen LogP) is 1.04. The molecule has 0 radical (unpaired) electrons. The number of thiazole rings is 1. The Bertz CT molecular complexity index is 425. The van der Waals surface area contributed by atoms with E-state index < -0.39 is 17.9 Å². The molecule has 1 atom stereocenters. The molecule has 1 amide bonds. The first-order valence-corrected chi connectivity index (χ1v) is 5.91. The van der Waals surface area contributed by atoms with E-state index in [1.807, 2.05) is 0 Å². The van der Waals surface area contributed by atoms with Gasteiger partial charge in [-0.15, -0.1) is 11.3 Å². The maximum atomic E-state index is 11.7. The summed E-state index contributed by atoms with van der Waals surface area (Å²) in [4.78, 5) is 26.6. The number of nitrogens with zero attached hydrogens (tertiary/aromatic N) is 1. The van der Waals surface area contributed by atoms with Crippen molar-refractivity contribution in [3.05, 3.63) is 16.1 Å². The molecule has 1 aromatic rings. The van der Waals surface area contributed by atoms with Gasteiger partial charge in [-0.05, 0) is 25.7 Å². The van der Waals surface area contributed by atoms with Crippen molar-refractivity contribution in [2.24, 2.45) is 5.92 Å². The van der Waals surface area contributed by atoms with E-state index in [1.54, 1.807) is 12.3 Å². The average molecular weight is 240 g/mol. The molecule has 2 N–H and O–H groups in total. The largest absolute Gasteiger partial charge is 0.480 e. The lowest BCUT2D eigenvalue weighted by Gasteiger charge is -2.12. The number of aliphatic carboxylic acids is 1. The normalized spacial score (nSPS) is 16.8. The number of hydrogen-bond acceptors (Lipinski definition) is 4. The first kappa shape index (κ1) is 11.1. The first-order valence-electron chi connectivity index (χ1n) is 5.03. The van der Waals surface area contributed by atoms with Gasteiger partial charge in [0.15, 0.2) is 0 Å². The van der Waals surface area contributed by atoms with Crippen molar-refractivity contribution in [1.82, 2.24) is 10.3 Å². The summed E-state index contributed by atoms with van der Waals surface area (Å²) >= 11 is 1.37. The van der Waals surface area contributed by atoms with Gasteiger partial charge in [0.2, 0.25) is 0 Å². The van der Waals surface area contributed by atoms with Crippen molar-refractivity contribution < 1.29 is 14.7 Å². The summed E-state index contributed by atoms with van der Waals surface area (Å²) in [5.74, 6) is -1.28. The van der Waals surface area contributed by atoms with Crippen LogP contribution < -0.4 is 5.32 Å². The topological polar surface area (TPSA) is 79.3 Å². The molecular formula is C10H12N2O3S. The van der Waals surface area contributed by atoms with E-state index in [9.17, 15) is 9.59 Å². The fraction of sp³-hybridized carbons (Fsp3) is 0.500. The van der Waals surface area contributed by atoms with Crippen LogP contribution in [0.1, 0.15) is 28.3 Å². The maximum Gasteiger partial charge on any atom is 0.326 e. The van der Waals surface area contributed by atoms with E-state index in [1.165, 1.54) is 11.3 Å². The zero-order valence-corrected chi connectivity index (χ0v) is 9.58. The first-order chi connectivity index (χ1) is 7.58. The summed E-state index contributed by atoms with van der Waals surface area (Å²) in [6.07, 6.45) is 1.74. The Balaban J connectivity index is 2.02. The van der Waals surface area contributed by atoms with Crippen LogP contribution in [0.4, 0.5) is 0 Å². The number of carboxylic acids is 1. The zero-order valence-electron chi connectivity index (χ0n) is 8.77. The fourth-order valence-corrected chi connectivity index (χ4v) is 2.09. The molecule has 1 fully saturated rings. The van der Waals surface area contributed by atoms with E-state index in [4.69, 9.17) is 5.11 Å². The van der Waals surface area contributed by atoms with Crippen LogP contribution in [0, 0.1) is 12.8 Å². The van der Waals surface area contributed by atoms with Gasteiger partial charge in [-0.1, -0.05) is 0 Å². The van der Waals surface area contributed by atoms with Crippen molar-refractivity contribution in [3.8, 4) is 0 Å². The summed E-state index contributed by atoms with van der Waals surface area (Å²) in [6.45, 7) is 1.80. The lowest BCUT2D eigenvalue weighted by molar-refractivity contribution is -0.139. The van der Waals surface area contributed by atoms with Gasteiger partial charge in [0.25, 0.3) is 5.91 Å². The molecule has 1 aromatic heterocycles. The van der Waals surface area contributed by atoms with Gasteiger partial charge in [0, 0.05) is 5.38 Å². The number of carbonyl (C=O) groups excluding carboxylic acids is 1. The number of rotatable bonds is 4. The van der Waals surface area contributed by atoms with Crippen LogP contribution in [0.15, 0.2) is 5.38 Å². The fourth-order valence-electron chi connectivity index (χ4n) is 1.49. The monoisotopic (exact) mass is 240 g/mol. The molecule has 2 rings (SSSR count). The smallest absolute Gasteiger partial charge is 0.326 e. The van der Waals surface area contributed by atoms with Crippen molar-refractivity contribution in [3.63, 3.8) is 0 Å². The lowest BCUT2D eigenvalue weighted by Crippen LogP contribution is -2.42. The Labute approximate surface area is 96.5 Å². The minimum absolute atomic E-state index is 0.0844. The molecule has 1 aliphatic rings. The van der Waals surface area contributed by atoms with Gasteiger partial charge in [-0.25, -0.2) is 9.78 Å². The molecule has 1 unspecified atom stereocenters. The standard InChI is InChI=1S/C10H12N2O3S/c1-5-11-7(4-16-5)9(13)12-8(10(14)15)6-2-3-6/h4,6,8H,2-3H2,1H3,(H,12,13)(H,14,15). The third-order valence-corrected chi connectivity index (χ3v) is 3.27. The SMILES string of the molecule is Cc1nc(C(=O)NC(C(=O)O)C2CC2)cs1. The molecule has 0 spiro atoms. The summed E-state index contributed by atoms with van der Waals surface area (Å²) in [7, 11) is 0. The van der Waals surface area contributed by atoms with Gasteiger partial charge < -0.3 is 10.4 Å². The van der Waals surface area contributed by atoms with Crippen molar-refractivity contribution >= 4 is 23.2 Å². The molecule has 5 nitrogen and oxygen atoms in total. The Morgan fingerprint density at radius 2 is 2.31 bits per heavy atom. The quantitative estimate of drug-likeness (QED) is 0.824. The summed E-state index contributed by atoms with van der Waals surface area (Å²) in [5, 5.41) is 13.9. The number of carbonyl (C=O) groups is 2. The second-order valence-corrected chi connectivity index (χ2v) is 4.94. The van der Waals surface area contributed by atoms with Gasteiger partial charge in [0.1, 0.15) is 11.7 Å². The van der Waals surface area contributed by atoms with Crippen LogP contribution in [-0.2, 0) is 4.79 Å². The Kier molecular flexibility index (Phi) is 2.91. The van der Waals surface area contributed by atoms with Crippen LogP contribution in [-0.4, -0.2) is 28.0 Å². The van der Waals surface area contributed by atoms with E-state index in [0.717, 1.165) is 17.8 Å². The van der Waals surface area contributed by atoms with Crippen LogP contribution in [0.2, 0.25) is 0 Å². The molecule has 6 heteroatoms. The number of aryl methyl sites for hydroxylation is 1. The molecule has 0 aromatic carbocycles. The number of nitrogens with one attached hydrogen (secondary N) is 1. The zero-order chi connectivity index (χ0) is 11.7. The number of aromatic nitrogens is 1. The molecule has 1 saturated carbocycles. The second kappa shape index (κ2) is 4.21. The molecule has 86 valence electrons. The number of amides is 1. The predicted molar refractivity (Wildman–Crippen MR) is 58.5 cm³/mol. The van der Waals surface area contributed by atoms with E-state index in [2.05, 4.69) is 10.3 Å². The Hall–Kier alpha value is -1.43. The molecular weight excluding hydrogens is 228 g/mol. The Morgan fingerprint density at radius 1 is 1.62 bits per heavy atom. The van der Waals surface area contributed by atoms with Gasteiger partial charge in [0.05, 0.1) is 5.01 Å². The van der Waals surface area contributed by atoms with Crippen molar-refractivity contribution in [1.29, 1.82) is 0 Å². The minimum atomic E-state index is -0.970. The molecule has 0 bridgehead atoms. The van der Waals surface area contributed by atoms with Gasteiger partial charge >= 0.3 is 5.97 Å². The highest BCUT2D eigenvalue weighted by atomic mass is 32.1. The highest BCUT2D eigenvalue weighted by molar-refractivity contribution is 7.09. The average Bonchev–Trinajstić information content (AvgIpc) is 2.96. The third kappa shape index (κ3) is 2.38. The number of carboxylic acid groups (broad SMARTS) is 1. The van der Waals surface area contributed by atoms with Gasteiger partial charge in [-0.2, -0.15) is 0 Å². The minimum Gasteiger partial charge on any atom is -0.480 e. The molecule has 1 aliphatic carbocycles. The van der Waals surface area contributed by atoms with Crippen LogP contribution in [0.25, 0.3) is 0 Å². The lowest BCUT2D eigenvalue weighted by atomic mass is 10.2. The summed E-state index contributed by atoms with van der Waals surface area (Å²) in [6, 6.07) is -0.769. The third-order valence-electron chi connectivity index (χ3n) is 2.50.